The number of nitrogens with one attached hydrogen (secondary N) is 1. The number of guanidine groups is 1. The maximum Gasteiger partial charge on any atom is 0.394 e. The predicted molar refractivity (Wildman–Crippen MR) is 79.9 cm³/mol. The van der Waals surface area contributed by atoms with Crippen molar-refractivity contribution in [2.24, 2.45) is 16.6 Å². The van der Waals surface area contributed by atoms with E-state index in [0.717, 1.165) is 0 Å². The summed E-state index contributed by atoms with van der Waals surface area (Å²) in [7, 11) is -4.67. The molecular formula is C9H14Cl2N4O5S. The van der Waals surface area contributed by atoms with E-state index in [9.17, 15) is 0 Å². The lowest BCUT2D eigenvalue weighted by molar-refractivity contribution is 0.316. The molecule has 7 N–H and O–H groups in total. The van der Waals surface area contributed by atoms with E-state index in [-0.39, 0.29) is 5.96 Å². The molecular weight excluding hydrogens is 347 g/mol. The molecule has 0 saturated heterocycles. The van der Waals surface area contributed by atoms with Gasteiger partial charge in [0.1, 0.15) is 6.61 Å². The Bertz CT molecular complexity index is 549. The van der Waals surface area contributed by atoms with Gasteiger partial charge in [-0.1, -0.05) is 29.3 Å². The highest BCUT2D eigenvalue weighted by atomic mass is 35.5. The molecule has 12 heteroatoms. The molecule has 0 aliphatic carbocycles. The largest absolute Gasteiger partial charge is 0.489 e. The summed E-state index contributed by atoms with van der Waals surface area (Å²) in [4.78, 5) is 0. The molecule has 9 nitrogen and oxygen atoms in total. The number of nitrogens with zero attached hydrogens (tertiary/aromatic N) is 1. The van der Waals surface area contributed by atoms with Crippen LogP contribution in [0, 0.1) is 0 Å². The van der Waals surface area contributed by atoms with Crippen LogP contribution in [0.25, 0.3) is 0 Å². The molecule has 120 valence electrons. The molecule has 0 fully saturated rings. The Kier molecular flexibility index (Phi) is 8.81. The fraction of sp³-hybridized carbons (Fsp3) is 0.222. The average Bonchev–Trinajstić information content (AvgIpc) is 2.29. The molecule has 0 amide bonds. The lowest BCUT2D eigenvalue weighted by Crippen LogP contribution is -2.27. The van der Waals surface area contributed by atoms with Gasteiger partial charge in [-0.25, -0.2) is 0 Å². The van der Waals surface area contributed by atoms with Crippen molar-refractivity contribution in [2.75, 3.05) is 13.2 Å². The Morgan fingerprint density at radius 2 is 1.76 bits per heavy atom. The summed E-state index contributed by atoms with van der Waals surface area (Å²) in [5, 5.41) is 4.51. The minimum atomic E-state index is -4.67. The maximum absolute atomic E-state index is 8.74. The van der Waals surface area contributed by atoms with Gasteiger partial charge in [-0.05, 0) is 12.1 Å². The Hall–Kier alpha value is -1.46. The van der Waals surface area contributed by atoms with Crippen LogP contribution < -0.4 is 21.6 Å². The highest BCUT2D eigenvalue weighted by Gasteiger charge is 2.05. The van der Waals surface area contributed by atoms with E-state index in [1.54, 1.807) is 18.2 Å². The Morgan fingerprint density at radius 1 is 1.29 bits per heavy atom. The third kappa shape index (κ3) is 12.0. The number of para-hydroxylation sites is 1. The number of nitrogens with two attached hydrogens (primary N) is 2. The van der Waals surface area contributed by atoms with Gasteiger partial charge in [-0.15, -0.1) is 5.10 Å². The van der Waals surface area contributed by atoms with Gasteiger partial charge in [0.25, 0.3) is 0 Å². The first-order valence-electron chi connectivity index (χ1n) is 5.19. The molecule has 0 unspecified atom stereocenters. The van der Waals surface area contributed by atoms with E-state index in [4.69, 9.17) is 56.9 Å². The zero-order chi connectivity index (χ0) is 16.5. The van der Waals surface area contributed by atoms with Gasteiger partial charge < -0.3 is 21.6 Å². The number of hydrazone groups is 1. The normalized spacial score (nSPS) is 10.1. The number of hydrogen-bond acceptors (Lipinski definition) is 5. The fourth-order valence-electron chi connectivity index (χ4n) is 0.966. The maximum atomic E-state index is 8.74. The van der Waals surface area contributed by atoms with Crippen LogP contribution in [0.3, 0.4) is 0 Å². The standard InChI is InChI=1S/C9H12Cl2N4O.H2O4S/c10-6-2-1-3-7(11)8(6)16-5-4-14-15-9(12)13;1-5(2,3)4/h1-3,14H,4-5H2,(H4,12,13,15);(H2,1,2,3,4). The second-order valence-electron chi connectivity index (χ2n) is 3.29. The van der Waals surface area contributed by atoms with Crippen LogP contribution in [0.5, 0.6) is 5.75 Å². The molecule has 0 aromatic heterocycles. The lowest BCUT2D eigenvalue weighted by Gasteiger charge is -2.09. The van der Waals surface area contributed by atoms with Gasteiger partial charge in [0.15, 0.2) is 5.75 Å². The zero-order valence-corrected chi connectivity index (χ0v) is 12.9. The molecule has 0 aliphatic heterocycles. The highest BCUT2D eigenvalue weighted by Crippen LogP contribution is 2.31. The monoisotopic (exact) mass is 360 g/mol. The molecule has 0 atom stereocenters. The van der Waals surface area contributed by atoms with E-state index in [2.05, 4.69) is 10.5 Å². The van der Waals surface area contributed by atoms with Crippen molar-refractivity contribution >= 4 is 39.6 Å². The number of halogens is 2. The van der Waals surface area contributed by atoms with Crippen molar-refractivity contribution in [3.8, 4) is 5.75 Å². The molecule has 0 aliphatic rings. The molecule has 0 heterocycles. The smallest absolute Gasteiger partial charge is 0.394 e. The van der Waals surface area contributed by atoms with E-state index in [1.807, 2.05) is 0 Å². The average molecular weight is 361 g/mol. The zero-order valence-electron chi connectivity index (χ0n) is 10.5. The van der Waals surface area contributed by atoms with Crippen molar-refractivity contribution in [3.05, 3.63) is 28.2 Å². The molecule has 1 aromatic rings. The lowest BCUT2D eigenvalue weighted by atomic mass is 10.3. The van der Waals surface area contributed by atoms with E-state index < -0.39 is 10.4 Å². The van der Waals surface area contributed by atoms with Crippen molar-refractivity contribution in [1.29, 1.82) is 0 Å². The third-order valence-corrected chi connectivity index (χ3v) is 2.18. The number of hydrogen-bond donors (Lipinski definition) is 5. The minimum absolute atomic E-state index is 0.0317. The Balaban J connectivity index is 0.000000690. The molecule has 0 saturated carbocycles. The number of rotatable bonds is 5. The summed E-state index contributed by atoms with van der Waals surface area (Å²) >= 11 is 11.8. The van der Waals surface area contributed by atoms with E-state index >= 15 is 0 Å². The first-order chi connectivity index (χ1) is 9.61. The van der Waals surface area contributed by atoms with Gasteiger partial charge in [-0.2, -0.15) is 8.42 Å². The molecule has 21 heavy (non-hydrogen) atoms. The van der Waals surface area contributed by atoms with E-state index in [0.29, 0.717) is 28.9 Å². The van der Waals surface area contributed by atoms with Crippen LogP contribution in [0.4, 0.5) is 0 Å². The third-order valence-electron chi connectivity index (χ3n) is 1.59. The molecule has 1 rings (SSSR count). The summed E-state index contributed by atoms with van der Waals surface area (Å²) < 4.78 is 37.0. The number of benzene rings is 1. The van der Waals surface area contributed by atoms with Crippen LogP contribution in [0.2, 0.25) is 10.0 Å². The van der Waals surface area contributed by atoms with Crippen LogP contribution >= 0.6 is 23.2 Å². The highest BCUT2D eigenvalue weighted by molar-refractivity contribution is 7.79. The molecule has 0 radical (unpaired) electrons. The van der Waals surface area contributed by atoms with Gasteiger partial charge in [0.2, 0.25) is 5.96 Å². The predicted octanol–water partition coefficient (Wildman–Crippen LogP) is 0.497. The quantitative estimate of drug-likeness (QED) is 0.167. The van der Waals surface area contributed by atoms with Crippen molar-refractivity contribution in [3.63, 3.8) is 0 Å². The molecule has 0 bridgehead atoms. The number of ether oxygens (including phenoxy) is 1. The van der Waals surface area contributed by atoms with Crippen LogP contribution in [-0.4, -0.2) is 36.6 Å². The van der Waals surface area contributed by atoms with Gasteiger partial charge in [0.05, 0.1) is 16.6 Å². The van der Waals surface area contributed by atoms with Crippen molar-refractivity contribution in [1.82, 2.24) is 5.43 Å². The van der Waals surface area contributed by atoms with E-state index in [1.165, 1.54) is 0 Å². The second-order valence-corrected chi connectivity index (χ2v) is 5.00. The SMILES string of the molecule is NC(N)=NNCCOc1c(Cl)cccc1Cl.O=S(=O)(O)O. The Morgan fingerprint density at radius 3 is 2.19 bits per heavy atom. The summed E-state index contributed by atoms with van der Waals surface area (Å²) in [6, 6.07) is 5.15. The van der Waals surface area contributed by atoms with Crippen molar-refractivity contribution in [2.45, 2.75) is 0 Å². The van der Waals surface area contributed by atoms with Crippen LogP contribution in [0.1, 0.15) is 0 Å². The minimum Gasteiger partial charge on any atom is -0.489 e. The van der Waals surface area contributed by atoms with Gasteiger partial charge in [0, 0.05) is 0 Å². The second kappa shape index (κ2) is 9.47. The van der Waals surface area contributed by atoms with Gasteiger partial charge in [-0.3, -0.25) is 9.11 Å². The van der Waals surface area contributed by atoms with Crippen LogP contribution in [0.15, 0.2) is 23.3 Å². The summed E-state index contributed by atoms with van der Waals surface area (Å²) in [5.41, 5.74) is 12.9. The summed E-state index contributed by atoms with van der Waals surface area (Å²) in [6.45, 7) is 0.791. The first-order valence-corrected chi connectivity index (χ1v) is 7.34. The Labute approximate surface area is 131 Å². The summed E-state index contributed by atoms with van der Waals surface area (Å²) in [6.07, 6.45) is 0. The topological polar surface area (TPSA) is 160 Å². The fourth-order valence-corrected chi connectivity index (χ4v) is 1.47. The first kappa shape index (κ1) is 19.5. The molecule has 0 spiro atoms. The van der Waals surface area contributed by atoms with Gasteiger partial charge >= 0.3 is 10.4 Å². The molecule has 1 aromatic carbocycles. The van der Waals surface area contributed by atoms with Crippen molar-refractivity contribution < 1.29 is 22.3 Å². The summed E-state index contributed by atoms with van der Waals surface area (Å²) in [5.74, 6) is 0.424. The van der Waals surface area contributed by atoms with Crippen LogP contribution in [-0.2, 0) is 10.4 Å².